The minimum Gasteiger partial charge on any atom is -0.480 e. The molecule has 0 bridgehead atoms. The molecule has 0 saturated carbocycles. The molecular weight excluding hydrogens is 296 g/mol. The number of aliphatic carboxylic acids is 1. The van der Waals surface area contributed by atoms with E-state index in [-0.39, 0.29) is 17.8 Å². The van der Waals surface area contributed by atoms with E-state index < -0.39 is 23.9 Å². The average Bonchev–Trinajstić information content (AvgIpc) is 2.77. The van der Waals surface area contributed by atoms with Crippen molar-refractivity contribution in [3.05, 3.63) is 36.3 Å². The fraction of sp³-hybridized carbons (Fsp3) is 0.167. The Balaban J connectivity index is 2.23. The van der Waals surface area contributed by atoms with Crippen molar-refractivity contribution >= 4 is 5.97 Å². The van der Waals surface area contributed by atoms with Gasteiger partial charge in [-0.2, -0.15) is 5.10 Å². The molecule has 1 heterocycles. The summed E-state index contributed by atoms with van der Waals surface area (Å²) < 4.78 is 54.2. The number of carboxylic acid groups (broad SMARTS) is 1. The van der Waals surface area contributed by atoms with Gasteiger partial charge in [0.05, 0.1) is 5.69 Å². The summed E-state index contributed by atoms with van der Waals surface area (Å²) in [5, 5.41) is 12.5. The minimum absolute atomic E-state index is 0.200. The Labute approximate surface area is 115 Å². The van der Waals surface area contributed by atoms with Gasteiger partial charge in [-0.15, -0.1) is 13.2 Å². The van der Waals surface area contributed by atoms with Crippen LogP contribution >= 0.6 is 0 Å². The van der Waals surface area contributed by atoms with Gasteiger partial charge < -0.3 is 9.84 Å². The number of carbonyl (C=O) groups is 1. The first-order valence-corrected chi connectivity index (χ1v) is 5.55. The number of aromatic nitrogens is 2. The molecule has 1 N–H and O–H groups in total. The molecule has 21 heavy (non-hydrogen) atoms. The topological polar surface area (TPSA) is 64.3 Å². The van der Waals surface area contributed by atoms with Gasteiger partial charge in [-0.1, -0.05) is 0 Å². The molecule has 0 saturated heterocycles. The third-order valence-electron chi connectivity index (χ3n) is 2.39. The van der Waals surface area contributed by atoms with E-state index in [9.17, 15) is 22.4 Å². The van der Waals surface area contributed by atoms with Gasteiger partial charge in [0.1, 0.15) is 6.54 Å². The van der Waals surface area contributed by atoms with Crippen molar-refractivity contribution in [1.82, 2.24) is 9.78 Å². The Morgan fingerprint density at radius 2 is 2.05 bits per heavy atom. The van der Waals surface area contributed by atoms with E-state index >= 15 is 0 Å². The number of alkyl halides is 3. The second-order valence-electron chi connectivity index (χ2n) is 3.99. The molecule has 0 aliphatic heterocycles. The summed E-state index contributed by atoms with van der Waals surface area (Å²) in [6.07, 6.45) is -3.62. The van der Waals surface area contributed by atoms with Crippen LogP contribution < -0.4 is 4.74 Å². The van der Waals surface area contributed by atoms with E-state index in [1.54, 1.807) is 0 Å². The highest BCUT2D eigenvalue weighted by molar-refractivity contribution is 5.66. The summed E-state index contributed by atoms with van der Waals surface area (Å²) in [7, 11) is 0. The molecule has 112 valence electrons. The van der Waals surface area contributed by atoms with Crippen molar-refractivity contribution in [2.24, 2.45) is 0 Å². The Bertz CT molecular complexity index is 667. The van der Waals surface area contributed by atoms with Gasteiger partial charge in [-0.3, -0.25) is 9.48 Å². The Morgan fingerprint density at radius 1 is 1.33 bits per heavy atom. The van der Waals surface area contributed by atoms with Crippen LogP contribution in [-0.2, 0) is 11.3 Å². The highest BCUT2D eigenvalue weighted by atomic mass is 19.4. The van der Waals surface area contributed by atoms with Gasteiger partial charge in [0.2, 0.25) is 0 Å². The summed E-state index contributed by atoms with van der Waals surface area (Å²) in [5.41, 5.74) is 0.430. The summed E-state index contributed by atoms with van der Waals surface area (Å²) >= 11 is 0. The minimum atomic E-state index is -4.98. The molecule has 5 nitrogen and oxygen atoms in total. The summed E-state index contributed by atoms with van der Waals surface area (Å²) in [4.78, 5) is 10.5. The van der Waals surface area contributed by atoms with Gasteiger partial charge in [0.15, 0.2) is 11.6 Å². The first-order chi connectivity index (χ1) is 9.74. The van der Waals surface area contributed by atoms with Crippen LogP contribution in [0.2, 0.25) is 0 Å². The van der Waals surface area contributed by atoms with Crippen LogP contribution in [0.3, 0.4) is 0 Å². The molecule has 0 fully saturated rings. The normalized spacial score (nSPS) is 11.4. The van der Waals surface area contributed by atoms with Gasteiger partial charge in [-0.05, 0) is 24.3 Å². The van der Waals surface area contributed by atoms with Crippen LogP contribution in [0, 0.1) is 5.82 Å². The molecule has 1 aromatic heterocycles. The van der Waals surface area contributed by atoms with Gasteiger partial charge in [-0.25, -0.2) is 4.39 Å². The molecule has 0 aliphatic rings. The highest BCUT2D eigenvalue weighted by Crippen LogP contribution is 2.28. The molecule has 1 aromatic carbocycles. The van der Waals surface area contributed by atoms with Crippen molar-refractivity contribution in [3.63, 3.8) is 0 Å². The number of benzene rings is 1. The number of hydrogen-bond acceptors (Lipinski definition) is 3. The molecular formula is C12H8F4N2O3. The summed E-state index contributed by atoms with van der Waals surface area (Å²) in [6.45, 7) is -0.377. The zero-order valence-corrected chi connectivity index (χ0v) is 10.3. The largest absolute Gasteiger partial charge is 0.573 e. The molecule has 0 unspecified atom stereocenters. The van der Waals surface area contributed by atoms with Crippen molar-refractivity contribution < 1.29 is 32.2 Å². The average molecular weight is 304 g/mol. The first kappa shape index (κ1) is 14.8. The van der Waals surface area contributed by atoms with Crippen molar-refractivity contribution in [1.29, 1.82) is 0 Å². The van der Waals surface area contributed by atoms with Crippen LogP contribution in [0.4, 0.5) is 17.6 Å². The lowest BCUT2D eigenvalue weighted by Crippen LogP contribution is -2.17. The number of rotatable bonds is 4. The fourth-order valence-electron chi connectivity index (χ4n) is 1.61. The molecule has 0 radical (unpaired) electrons. The predicted octanol–water partition coefficient (Wildman–Crippen LogP) is 2.67. The standard InChI is InChI=1S/C12H8F4N2O3/c13-8-5-7(1-2-10(8)21-12(14,15)16)9-3-4-18(17-9)6-11(19)20/h1-5H,6H2,(H,19,20). The monoisotopic (exact) mass is 304 g/mol. The highest BCUT2D eigenvalue weighted by Gasteiger charge is 2.32. The quantitative estimate of drug-likeness (QED) is 0.882. The molecule has 2 aromatic rings. The second-order valence-corrected chi connectivity index (χ2v) is 3.99. The molecule has 0 aliphatic carbocycles. The summed E-state index contributed by atoms with van der Waals surface area (Å²) in [5.74, 6) is -3.25. The maximum Gasteiger partial charge on any atom is 0.573 e. The molecule has 0 atom stereocenters. The second kappa shape index (κ2) is 5.43. The third kappa shape index (κ3) is 3.94. The number of hydrogen-bond donors (Lipinski definition) is 1. The lowest BCUT2D eigenvalue weighted by atomic mass is 10.1. The first-order valence-electron chi connectivity index (χ1n) is 5.55. The maximum absolute atomic E-state index is 13.5. The SMILES string of the molecule is O=C(O)Cn1ccc(-c2ccc(OC(F)(F)F)c(F)c2)n1. The number of nitrogens with zero attached hydrogens (tertiary/aromatic N) is 2. The van der Waals surface area contributed by atoms with E-state index in [4.69, 9.17) is 5.11 Å². The summed E-state index contributed by atoms with van der Waals surface area (Å²) in [6, 6.07) is 4.27. The molecule has 0 amide bonds. The van der Waals surface area contributed by atoms with Crippen LogP contribution in [0.1, 0.15) is 0 Å². The Kier molecular flexibility index (Phi) is 3.83. The number of carboxylic acids is 1. The van der Waals surface area contributed by atoms with E-state index in [0.717, 1.165) is 16.8 Å². The molecule has 9 heteroatoms. The fourth-order valence-corrected chi connectivity index (χ4v) is 1.61. The van der Waals surface area contributed by atoms with E-state index in [0.29, 0.717) is 0 Å². The zero-order valence-electron chi connectivity index (χ0n) is 10.3. The van der Waals surface area contributed by atoms with E-state index in [1.807, 2.05) is 0 Å². The van der Waals surface area contributed by atoms with Crippen molar-refractivity contribution in [2.75, 3.05) is 0 Å². The predicted molar refractivity (Wildman–Crippen MR) is 61.9 cm³/mol. The Hall–Kier alpha value is -2.58. The zero-order chi connectivity index (χ0) is 15.6. The van der Waals surface area contributed by atoms with E-state index in [1.165, 1.54) is 18.3 Å². The number of ether oxygens (including phenoxy) is 1. The third-order valence-corrected chi connectivity index (χ3v) is 2.39. The van der Waals surface area contributed by atoms with Gasteiger partial charge in [0, 0.05) is 11.8 Å². The smallest absolute Gasteiger partial charge is 0.480 e. The lowest BCUT2D eigenvalue weighted by molar-refractivity contribution is -0.275. The van der Waals surface area contributed by atoms with Crippen LogP contribution in [0.15, 0.2) is 30.5 Å². The maximum atomic E-state index is 13.5. The van der Waals surface area contributed by atoms with Crippen LogP contribution in [-0.4, -0.2) is 27.2 Å². The Morgan fingerprint density at radius 3 is 2.62 bits per heavy atom. The molecule has 2 rings (SSSR count). The van der Waals surface area contributed by atoms with Gasteiger partial charge >= 0.3 is 12.3 Å². The molecule has 0 spiro atoms. The lowest BCUT2D eigenvalue weighted by Gasteiger charge is -2.10. The number of halogens is 4. The van der Waals surface area contributed by atoms with E-state index in [2.05, 4.69) is 9.84 Å². The van der Waals surface area contributed by atoms with Crippen molar-refractivity contribution in [2.45, 2.75) is 12.9 Å². The van der Waals surface area contributed by atoms with Crippen LogP contribution in [0.5, 0.6) is 5.75 Å². The van der Waals surface area contributed by atoms with Crippen LogP contribution in [0.25, 0.3) is 11.3 Å². The van der Waals surface area contributed by atoms with Gasteiger partial charge in [0.25, 0.3) is 0 Å². The van der Waals surface area contributed by atoms with Crippen molar-refractivity contribution in [3.8, 4) is 17.0 Å².